The number of nitrogens with two attached hydrogens (primary N) is 2. The molecule has 1 saturated heterocycles. The number of carbonyl (C=O) groups excluding carboxylic acids is 1. The predicted octanol–water partition coefficient (Wildman–Crippen LogP) is 3.60. The number of carbonyl (C=O) groups is 1. The highest BCUT2D eigenvalue weighted by atomic mass is 35.5. The molecule has 2 aromatic carbocycles. The summed E-state index contributed by atoms with van der Waals surface area (Å²) in [6, 6.07) is 7.59. The van der Waals surface area contributed by atoms with Gasteiger partial charge in [0, 0.05) is 38.3 Å². The van der Waals surface area contributed by atoms with Crippen LogP contribution < -0.4 is 36.5 Å². The molecule has 0 unspecified atom stereocenters. The molecule has 1 aromatic heterocycles. The first-order valence-corrected chi connectivity index (χ1v) is 14.6. The minimum Gasteiger partial charge on any atom is -0.494 e. The summed E-state index contributed by atoms with van der Waals surface area (Å²) < 4.78 is 36.7. The molecule has 0 radical (unpaired) electrons. The molecule has 0 aliphatic carbocycles. The van der Waals surface area contributed by atoms with Gasteiger partial charge in [-0.05, 0) is 39.1 Å². The molecule has 3 aromatic rings. The number of anilines is 6. The Labute approximate surface area is 243 Å². The van der Waals surface area contributed by atoms with E-state index in [9.17, 15) is 13.2 Å². The molecule has 1 aliphatic rings. The van der Waals surface area contributed by atoms with Gasteiger partial charge in [-0.1, -0.05) is 11.6 Å². The molecular formula is C26H33ClN8O5S. The number of aromatic nitrogens is 2. The number of hydrogen-bond acceptors (Lipinski definition) is 12. The molecule has 220 valence electrons. The summed E-state index contributed by atoms with van der Waals surface area (Å²) >= 11 is 6.38. The van der Waals surface area contributed by atoms with Crippen molar-refractivity contribution in [1.29, 1.82) is 0 Å². The molecule has 1 amide bonds. The lowest BCUT2D eigenvalue weighted by Gasteiger charge is -2.35. The predicted molar refractivity (Wildman–Crippen MR) is 160 cm³/mol. The lowest BCUT2D eigenvalue weighted by atomic mass is 10.2. The van der Waals surface area contributed by atoms with Gasteiger partial charge in [0.25, 0.3) is 0 Å². The number of nitrogens with one attached hydrogen (secondary N) is 2. The molecule has 4 rings (SSSR count). The molecule has 0 bridgehead atoms. The van der Waals surface area contributed by atoms with E-state index in [4.69, 9.17) is 32.5 Å². The second-order valence-electron chi connectivity index (χ2n) is 9.71. The Morgan fingerprint density at radius 1 is 1.10 bits per heavy atom. The number of nitrogens with zero attached hydrogens (tertiary/aromatic N) is 4. The number of sulfone groups is 1. The monoisotopic (exact) mass is 604 g/mol. The van der Waals surface area contributed by atoms with Crippen LogP contribution in [0.2, 0.25) is 5.02 Å². The first kappa shape index (κ1) is 30.0. The van der Waals surface area contributed by atoms with Crippen molar-refractivity contribution in [2.45, 2.75) is 24.0 Å². The van der Waals surface area contributed by atoms with Gasteiger partial charge in [0.2, 0.25) is 5.95 Å². The third-order valence-corrected chi connectivity index (χ3v) is 9.02. The summed E-state index contributed by atoms with van der Waals surface area (Å²) in [6.45, 7) is 6.64. The minimum atomic E-state index is -3.75. The van der Waals surface area contributed by atoms with Crippen LogP contribution in [0.5, 0.6) is 11.5 Å². The molecule has 1 aliphatic heterocycles. The molecule has 2 heterocycles. The first-order valence-electron chi connectivity index (χ1n) is 12.7. The zero-order valence-corrected chi connectivity index (χ0v) is 24.7. The third kappa shape index (κ3) is 6.84. The maximum atomic E-state index is 13.0. The quantitative estimate of drug-likeness (QED) is 0.261. The minimum absolute atomic E-state index is 0.0342. The maximum absolute atomic E-state index is 13.0. The van der Waals surface area contributed by atoms with Gasteiger partial charge in [0.15, 0.2) is 15.7 Å². The Kier molecular flexibility index (Phi) is 8.95. The van der Waals surface area contributed by atoms with Crippen LogP contribution in [0, 0.1) is 0 Å². The van der Waals surface area contributed by atoms with Crippen LogP contribution in [0.4, 0.5) is 39.3 Å². The number of halogens is 1. The van der Waals surface area contributed by atoms with Crippen LogP contribution >= 0.6 is 11.6 Å². The van der Waals surface area contributed by atoms with Crippen LogP contribution in [0.1, 0.15) is 13.8 Å². The van der Waals surface area contributed by atoms with E-state index in [1.54, 1.807) is 27.0 Å². The van der Waals surface area contributed by atoms with Crippen LogP contribution in [-0.2, 0) is 9.84 Å². The van der Waals surface area contributed by atoms with Gasteiger partial charge in [-0.25, -0.2) is 18.2 Å². The fourth-order valence-electron chi connectivity index (χ4n) is 4.23. The van der Waals surface area contributed by atoms with Crippen molar-refractivity contribution in [2.75, 3.05) is 61.6 Å². The number of piperazine rings is 1. The second-order valence-corrected chi connectivity index (χ2v) is 12.6. The summed E-state index contributed by atoms with van der Waals surface area (Å²) in [4.78, 5) is 24.4. The zero-order valence-electron chi connectivity index (χ0n) is 23.1. The van der Waals surface area contributed by atoms with Crippen molar-refractivity contribution in [3.63, 3.8) is 0 Å². The SMILES string of the molecule is COc1cc(N2CCN(C)CC2)c(N)cc1Nc1ncc(Cl)c(Nc2cc(OC(N)=O)ccc2S(=O)(=O)C(C)C)n1. The van der Waals surface area contributed by atoms with Gasteiger partial charge >= 0.3 is 6.09 Å². The summed E-state index contributed by atoms with van der Waals surface area (Å²) in [7, 11) is -0.112. The summed E-state index contributed by atoms with van der Waals surface area (Å²) in [6.07, 6.45) is 0.308. The molecule has 1 fully saturated rings. The highest BCUT2D eigenvalue weighted by molar-refractivity contribution is 7.92. The number of likely N-dealkylation sites (N-methyl/N-ethyl adjacent to an activating group) is 1. The van der Waals surface area contributed by atoms with Crippen molar-refractivity contribution in [3.8, 4) is 11.5 Å². The zero-order chi connectivity index (χ0) is 29.9. The Morgan fingerprint density at radius 2 is 1.80 bits per heavy atom. The smallest absolute Gasteiger partial charge is 0.409 e. The summed E-state index contributed by atoms with van der Waals surface area (Å²) in [5.74, 6) is 0.802. The van der Waals surface area contributed by atoms with E-state index < -0.39 is 21.2 Å². The lowest BCUT2D eigenvalue weighted by Crippen LogP contribution is -2.44. The first-order chi connectivity index (χ1) is 19.4. The summed E-state index contributed by atoms with van der Waals surface area (Å²) in [5, 5.41) is 5.42. The van der Waals surface area contributed by atoms with Gasteiger partial charge in [-0.3, -0.25) is 0 Å². The number of methoxy groups -OCH3 is 1. The number of amides is 1. The van der Waals surface area contributed by atoms with Gasteiger partial charge in [-0.15, -0.1) is 0 Å². The van der Waals surface area contributed by atoms with Crippen LogP contribution in [0.25, 0.3) is 0 Å². The van der Waals surface area contributed by atoms with Crippen molar-refractivity contribution in [3.05, 3.63) is 41.6 Å². The van der Waals surface area contributed by atoms with E-state index in [0.29, 0.717) is 17.1 Å². The normalized spacial score (nSPS) is 14.1. The molecule has 0 spiro atoms. The number of ether oxygens (including phenoxy) is 2. The molecule has 0 atom stereocenters. The Hall–Kier alpha value is -4.01. The Balaban J connectivity index is 1.66. The topological polar surface area (TPSA) is 178 Å². The molecular weight excluding hydrogens is 572 g/mol. The van der Waals surface area contributed by atoms with E-state index in [2.05, 4.69) is 37.4 Å². The van der Waals surface area contributed by atoms with Gasteiger partial charge in [0.1, 0.15) is 16.5 Å². The summed E-state index contributed by atoms with van der Waals surface area (Å²) in [5.41, 5.74) is 13.6. The van der Waals surface area contributed by atoms with E-state index in [0.717, 1.165) is 31.9 Å². The van der Waals surface area contributed by atoms with Crippen molar-refractivity contribution >= 4 is 62.0 Å². The Morgan fingerprint density at radius 3 is 2.44 bits per heavy atom. The Bertz CT molecular complexity index is 1550. The standard InChI is InChI=1S/C26H33ClN8O5S/c1-15(2)41(37,38)23-6-5-16(40-25(29)36)11-20(23)31-24-17(27)14-30-26(33-24)32-19-12-18(28)21(13-22(19)39-4)35-9-7-34(3)8-10-35/h5-6,11-15H,7-10,28H2,1-4H3,(H2,29,36)(H2,30,31,32,33). The fourth-order valence-corrected chi connectivity index (χ4v) is 5.55. The lowest BCUT2D eigenvalue weighted by molar-refractivity contribution is 0.211. The number of primary amides is 1. The van der Waals surface area contributed by atoms with Gasteiger partial charge in [0.05, 0.1) is 46.2 Å². The fraction of sp³-hybridized carbons (Fsp3) is 0.346. The van der Waals surface area contributed by atoms with Crippen molar-refractivity contribution in [2.24, 2.45) is 5.73 Å². The third-order valence-electron chi connectivity index (χ3n) is 6.53. The van der Waals surface area contributed by atoms with Crippen molar-refractivity contribution < 1.29 is 22.7 Å². The average Bonchev–Trinajstić information content (AvgIpc) is 2.91. The number of rotatable bonds is 9. The van der Waals surface area contributed by atoms with Gasteiger partial charge in [-0.2, -0.15) is 4.98 Å². The molecule has 6 N–H and O–H groups in total. The van der Waals surface area contributed by atoms with Crippen LogP contribution in [0.3, 0.4) is 0 Å². The van der Waals surface area contributed by atoms with Crippen LogP contribution in [-0.4, -0.2) is 75.0 Å². The van der Waals surface area contributed by atoms with E-state index in [-0.39, 0.29) is 33.1 Å². The van der Waals surface area contributed by atoms with Crippen molar-refractivity contribution in [1.82, 2.24) is 14.9 Å². The molecule has 13 nitrogen and oxygen atoms in total. The van der Waals surface area contributed by atoms with E-state index in [1.165, 1.54) is 24.4 Å². The highest BCUT2D eigenvalue weighted by Gasteiger charge is 2.25. The molecule has 41 heavy (non-hydrogen) atoms. The second kappa shape index (κ2) is 12.2. The number of benzene rings is 2. The number of hydrogen-bond donors (Lipinski definition) is 4. The molecule has 15 heteroatoms. The van der Waals surface area contributed by atoms with E-state index >= 15 is 0 Å². The largest absolute Gasteiger partial charge is 0.494 e. The maximum Gasteiger partial charge on any atom is 0.409 e. The van der Waals surface area contributed by atoms with E-state index in [1.807, 2.05) is 6.07 Å². The highest BCUT2D eigenvalue weighted by Crippen LogP contribution is 2.38. The average molecular weight is 605 g/mol. The number of nitrogen functional groups attached to an aromatic ring is 1. The molecule has 0 saturated carbocycles. The van der Waals surface area contributed by atoms with Gasteiger partial charge < -0.3 is 41.4 Å². The van der Waals surface area contributed by atoms with Crippen LogP contribution in [0.15, 0.2) is 41.4 Å².